The quantitative estimate of drug-likeness (QED) is 0.728. The largest absolute Gasteiger partial charge is 0.424 e. The molecule has 0 spiro atoms. The number of carbonyl (C=O) groups is 1. The third kappa shape index (κ3) is 4.63. The molecule has 2 rings (SSSR count). The first-order chi connectivity index (χ1) is 11.6. The summed E-state index contributed by atoms with van der Waals surface area (Å²) < 4.78 is 41.2. The average molecular weight is 363 g/mol. The van der Waals surface area contributed by atoms with E-state index in [4.69, 9.17) is 0 Å². The van der Waals surface area contributed by atoms with Crippen LogP contribution in [0, 0.1) is 0 Å². The van der Waals surface area contributed by atoms with Crippen molar-refractivity contribution in [2.24, 2.45) is 7.05 Å². The summed E-state index contributed by atoms with van der Waals surface area (Å²) in [6.07, 6.45) is -1.52. The third-order valence-electron chi connectivity index (χ3n) is 4.49. The van der Waals surface area contributed by atoms with Gasteiger partial charge in [-0.3, -0.25) is 0 Å². The molecule has 2 amide bonds. The van der Waals surface area contributed by atoms with Crippen LogP contribution in [0.5, 0.6) is 0 Å². The fourth-order valence-corrected chi connectivity index (χ4v) is 2.89. The molecule has 1 aromatic rings. The Morgan fingerprint density at radius 3 is 2.52 bits per heavy atom. The molecule has 1 saturated heterocycles. The molecule has 0 radical (unpaired) electrons. The number of carbonyl (C=O) groups excluding carboxylic acids is 1. The van der Waals surface area contributed by atoms with Gasteiger partial charge in [0, 0.05) is 38.4 Å². The van der Waals surface area contributed by atoms with Gasteiger partial charge in [0.15, 0.2) is 0 Å². The van der Waals surface area contributed by atoms with E-state index in [0.29, 0.717) is 0 Å². The number of hydrogen-bond acceptors (Lipinski definition) is 4. The van der Waals surface area contributed by atoms with E-state index in [1.54, 1.807) is 0 Å². The van der Waals surface area contributed by atoms with Gasteiger partial charge in [-0.2, -0.15) is 13.2 Å². The predicted molar refractivity (Wildman–Crippen MR) is 84.8 cm³/mol. The topological polar surface area (TPSA) is 82.4 Å². The lowest BCUT2D eigenvalue weighted by Crippen LogP contribution is -2.50. The SMILES string of the molecule is CN1CCC(NC(=O)NCCC(O)(c2nccn2C)C(F)(F)F)CC1. The van der Waals surface area contributed by atoms with Crippen LogP contribution in [-0.2, 0) is 12.6 Å². The van der Waals surface area contributed by atoms with E-state index in [0.717, 1.165) is 30.5 Å². The summed E-state index contributed by atoms with van der Waals surface area (Å²) in [4.78, 5) is 17.6. The van der Waals surface area contributed by atoms with Crippen molar-refractivity contribution in [2.45, 2.75) is 37.1 Å². The number of hydrogen-bond donors (Lipinski definition) is 3. The number of aliphatic hydroxyl groups is 1. The van der Waals surface area contributed by atoms with E-state index in [9.17, 15) is 23.1 Å². The Balaban J connectivity index is 1.89. The van der Waals surface area contributed by atoms with E-state index in [2.05, 4.69) is 20.5 Å². The summed E-state index contributed by atoms with van der Waals surface area (Å²) in [5.74, 6) is -0.502. The molecule has 1 aromatic heterocycles. The van der Waals surface area contributed by atoms with Crippen LogP contribution in [-0.4, -0.2) is 64.5 Å². The van der Waals surface area contributed by atoms with Crippen LogP contribution in [0.15, 0.2) is 12.4 Å². The fourth-order valence-electron chi connectivity index (χ4n) is 2.89. The minimum absolute atomic E-state index is 0.00670. The fraction of sp³-hybridized carbons (Fsp3) is 0.733. The number of halogens is 3. The molecular weight excluding hydrogens is 339 g/mol. The lowest BCUT2D eigenvalue weighted by molar-refractivity contribution is -0.272. The predicted octanol–water partition coefficient (Wildman–Crippen LogP) is 0.954. The van der Waals surface area contributed by atoms with Crippen LogP contribution in [0.2, 0.25) is 0 Å². The summed E-state index contributed by atoms with van der Waals surface area (Å²) in [5, 5.41) is 15.3. The Hall–Kier alpha value is -1.81. The number of piperidine rings is 1. The van der Waals surface area contributed by atoms with Crippen molar-refractivity contribution in [1.29, 1.82) is 0 Å². The zero-order valence-electron chi connectivity index (χ0n) is 14.3. The smallest absolute Gasteiger partial charge is 0.374 e. The van der Waals surface area contributed by atoms with E-state index in [-0.39, 0.29) is 12.6 Å². The van der Waals surface area contributed by atoms with Gasteiger partial charge < -0.3 is 25.2 Å². The highest BCUT2D eigenvalue weighted by Crippen LogP contribution is 2.40. The van der Waals surface area contributed by atoms with Crippen molar-refractivity contribution in [3.63, 3.8) is 0 Å². The zero-order valence-corrected chi connectivity index (χ0v) is 14.3. The van der Waals surface area contributed by atoms with Crippen LogP contribution in [0.4, 0.5) is 18.0 Å². The zero-order chi connectivity index (χ0) is 18.7. The van der Waals surface area contributed by atoms with Crippen LogP contribution in [0.1, 0.15) is 25.1 Å². The minimum atomic E-state index is -4.90. The second kappa shape index (κ2) is 7.61. The summed E-state index contributed by atoms with van der Waals surface area (Å²) in [7, 11) is 3.37. The number of likely N-dealkylation sites (tertiary alicyclic amines) is 1. The molecule has 7 nitrogen and oxygen atoms in total. The van der Waals surface area contributed by atoms with Crippen molar-refractivity contribution >= 4 is 6.03 Å². The molecule has 0 bridgehead atoms. The van der Waals surface area contributed by atoms with Crippen LogP contribution >= 0.6 is 0 Å². The second-order valence-electron chi connectivity index (χ2n) is 6.45. The summed E-state index contributed by atoms with van der Waals surface area (Å²) in [5.41, 5.74) is -3.12. The molecule has 2 heterocycles. The molecule has 0 aromatic carbocycles. The van der Waals surface area contributed by atoms with Gasteiger partial charge in [-0.1, -0.05) is 0 Å². The molecule has 1 fully saturated rings. The summed E-state index contributed by atoms with van der Waals surface area (Å²) >= 11 is 0. The molecule has 1 aliphatic heterocycles. The molecule has 10 heteroatoms. The van der Waals surface area contributed by atoms with Gasteiger partial charge in [-0.25, -0.2) is 9.78 Å². The summed E-state index contributed by atoms with van der Waals surface area (Å²) in [6, 6.07) is -0.522. The average Bonchev–Trinajstić information content (AvgIpc) is 2.95. The maximum absolute atomic E-state index is 13.3. The maximum atomic E-state index is 13.3. The number of urea groups is 1. The Kier molecular flexibility index (Phi) is 5.94. The first-order valence-corrected chi connectivity index (χ1v) is 8.13. The van der Waals surface area contributed by atoms with Crippen LogP contribution in [0.25, 0.3) is 0 Å². The lowest BCUT2D eigenvalue weighted by Gasteiger charge is -2.31. The van der Waals surface area contributed by atoms with Gasteiger partial charge in [0.05, 0.1) is 0 Å². The number of imidazole rings is 1. The number of rotatable bonds is 5. The maximum Gasteiger partial charge on any atom is 0.424 e. The highest BCUT2D eigenvalue weighted by Gasteiger charge is 2.57. The highest BCUT2D eigenvalue weighted by molar-refractivity contribution is 5.74. The number of aromatic nitrogens is 2. The molecule has 1 unspecified atom stereocenters. The van der Waals surface area contributed by atoms with Crippen molar-refractivity contribution < 1.29 is 23.1 Å². The van der Waals surface area contributed by atoms with Crippen molar-refractivity contribution in [2.75, 3.05) is 26.7 Å². The van der Waals surface area contributed by atoms with Gasteiger partial charge in [0.2, 0.25) is 5.60 Å². The number of nitrogens with one attached hydrogen (secondary N) is 2. The normalized spacial score (nSPS) is 19.4. The third-order valence-corrected chi connectivity index (χ3v) is 4.49. The van der Waals surface area contributed by atoms with Crippen molar-refractivity contribution in [1.82, 2.24) is 25.1 Å². The molecule has 3 N–H and O–H groups in total. The van der Waals surface area contributed by atoms with E-state index in [1.807, 2.05) is 7.05 Å². The Bertz CT molecular complexity index is 584. The van der Waals surface area contributed by atoms with Crippen molar-refractivity contribution in [3.05, 3.63) is 18.2 Å². The first-order valence-electron chi connectivity index (χ1n) is 8.13. The molecule has 25 heavy (non-hydrogen) atoms. The second-order valence-corrected chi connectivity index (χ2v) is 6.45. The molecule has 0 aliphatic carbocycles. The Morgan fingerprint density at radius 1 is 1.36 bits per heavy atom. The highest BCUT2D eigenvalue weighted by atomic mass is 19.4. The van der Waals surface area contributed by atoms with Gasteiger partial charge in [0.1, 0.15) is 5.82 Å². The van der Waals surface area contributed by atoms with Crippen molar-refractivity contribution in [3.8, 4) is 0 Å². The van der Waals surface area contributed by atoms with Crippen LogP contribution in [0.3, 0.4) is 0 Å². The molecule has 1 atom stereocenters. The number of amides is 2. The molecule has 0 saturated carbocycles. The van der Waals surface area contributed by atoms with E-state index >= 15 is 0 Å². The summed E-state index contributed by atoms with van der Waals surface area (Å²) in [6.45, 7) is 1.39. The first kappa shape index (κ1) is 19.5. The van der Waals surface area contributed by atoms with Crippen LogP contribution < -0.4 is 10.6 Å². The molecule has 1 aliphatic rings. The molecule has 142 valence electrons. The van der Waals surface area contributed by atoms with Gasteiger partial charge in [-0.15, -0.1) is 0 Å². The number of aryl methyl sites for hydroxylation is 1. The van der Waals surface area contributed by atoms with Gasteiger partial charge in [-0.05, 0) is 33.0 Å². The number of alkyl halides is 3. The van der Waals surface area contributed by atoms with Gasteiger partial charge in [0.25, 0.3) is 0 Å². The number of nitrogens with zero attached hydrogens (tertiary/aromatic N) is 3. The van der Waals surface area contributed by atoms with Gasteiger partial charge >= 0.3 is 12.2 Å². The minimum Gasteiger partial charge on any atom is -0.374 e. The lowest BCUT2D eigenvalue weighted by atomic mass is 9.97. The van der Waals surface area contributed by atoms with E-state index < -0.39 is 30.1 Å². The standard InChI is InChI=1S/C15H24F3N5O2/c1-22-8-3-11(4-9-22)21-13(24)20-6-5-14(25,15(16,17)18)12-19-7-10-23(12)2/h7,10-11,25H,3-6,8-9H2,1-2H3,(H2,20,21,24). The monoisotopic (exact) mass is 363 g/mol. The Morgan fingerprint density at radius 2 is 2.00 bits per heavy atom. The Labute approximate surface area is 144 Å². The van der Waals surface area contributed by atoms with E-state index in [1.165, 1.54) is 19.4 Å². The molecular formula is C15H24F3N5O2.